The van der Waals surface area contributed by atoms with Crippen LogP contribution in [0.15, 0.2) is 84.5 Å². The second-order valence-corrected chi connectivity index (χ2v) is 14.3. The molecule has 0 saturated carbocycles. The van der Waals surface area contributed by atoms with Gasteiger partial charge in [-0.2, -0.15) is 0 Å². The molecule has 0 aliphatic rings. The SMILES string of the molecule is CC(C)=CCOC(=O)/C=C/C[C@@H](C[C@@H](C)O)O[Si](c1ccccc1)(c1ccccc1)C(C)(C)C. The van der Waals surface area contributed by atoms with Crippen LogP contribution < -0.4 is 10.4 Å². The van der Waals surface area contributed by atoms with Gasteiger partial charge in [-0.3, -0.25) is 0 Å². The van der Waals surface area contributed by atoms with Crippen molar-refractivity contribution in [3.05, 3.63) is 84.5 Å². The average molecular weight is 481 g/mol. The summed E-state index contributed by atoms with van der Waals surface area (Å²) in [5.74, 6) is -0.376. The fraction of sp³-hybridized carbons (Fsp3) is 0.414. The van der Waals surface area contributed by atoms with Crippen molar-refractivity contribution in [2.75, 3.05) is 6.61 Å². The lowest BCUT2D eigenvalue weighted by Crippen LogP contribution is -2.67. The normalized spacial score (nSPS) is 14.0. The third kappa shape index (κ3) is 7.79. The minimum atomic E-state index is -2.76. The number of hydrogen-bond donors (Lipinski definition) is 1. The molecule has 2 aromatic rings. The van der Waals surface area contributed by atoms with E-state index in [0.717, 1.165) is 5.57 Å². The van der Waals surface area contributed by atoms with Crippen molar-refractivity contribution in [2.45, 2.75) is 71.6 Å². The van der Waals surface area contributed by atoms with Gasteiger partial charge < -0.3 is 14.3 Å². The molecule has 0 aromatic heterocycles. The van der Waals surface area contributed by atoms with Crippen LogP contribution in [0.1, 0.15) is 54.4 Å². The van der Waals surface area contributed by atoms with E-state index in [1.54, 1.807) is 13.0 Å². The lowest BCUT2D eigenvalue weighted by atomic mass is 10.1. The van der Waals surface area contributed by atoms with Gasteiger partial charge in [-0.1, -0.05) is 93.1 Å². The third-order valence-corrected chi connectivity index (χ3v) is 10.8. The van der Waals surface area contributed by atoms with Crippen LogP contribution in [0.2, 0.25) is 5.04 Å². The molecule has 2 aromatic carbocycles. The van der Waals surface area contributed by atoms with Crippen LogP contribution in [-0.4, -0.2) is 38.2 Å². The molecule has 0 spiro atoms. The van der Waals surface area contributed by atoms with Gasteiger partial charge in [0.15, 0.2) is 0 Å². The highest BCUT2D eigenvalue weighted by atomic mass is 28.4. The van der Waals surface area contributed by atoms with Crippen LogP contribution in [0.3, 0.4) is 0 Å². The zero-order chi connectivity index (χ0) is 25.2. The largest absolute Gasteiger partial charge is 0.458 e. The average Bonchev–Trinajstić information content (AvgIpc) is 2.77. The molecule has 0 bridgehead atoms. The molecule has 0 aliphatic carbocycles. The summed E-state index contributed by atoms with van der Waals surface area (Å²) in [5.41, 5.74) is 1.10. The molecular formula is C29H40O4Si. The molecule has 184 valence electrons. The quantitative estimate of drug-likeness (QED) is 0.209. The van der Waals surface area contributed by atoms with Crippen LogP contribution in [-0.2, 0) is 14.0 Å². The zero-order valence-electron chi connectivity index (χ0n) is 21.5. The Morgan fingerprint density at radius 3 is 1.97 bits per heavy atom. The topological polar surface area (TPSA) is 55.8 Å². The van der Waals surface area contributed by atoms with Crippen molar-refractivity contribution in [3.8, 4) is 0 Å². The van der Waals surface area contributed by atoms with Crippen LogP contribution in [0, 0.1) is 0 Å². The molecule has 2 atom stereocenters. The molecule has 0 amide bonds. The Hall–Kier alpha value is -2.47. The van der Waals surface area contributed by atoms with E-state index in [9.17, 15) is 9.90 Å². The Morgan fingerprint density at radius 2 is 1.53 bits per heavy atom. The summed E-state index contributed by atoms with van der Waals surface area (Å²) >= 11 is 0. The molecule has 0 aliphatic heterocycles. The summed E-state index contributed by atoms with van der Waals surface area (Å²) in [4.78, 5) is 12.1. The summed E-state index contributed by atoms with van der Waals surface area (Å²) in [6.45, 7) is 12.7. The minimum Gasteiger partial charge on any atom is -0.458 e. The number of esters is 1. The van der Waals surface area contributed by atoms with Gasteiger partial charge in [-0.15, -0.1) is 0 Å². The van der Waals surface area contributed by atoms with E-state index in [0.29, 0.717) is 12.8 Å². The maximum Gasteiger partial charge on any atom is 0.330 e. The second-order valence-electron chi connectivity index (χ2n) is 10.0. The van der Waals surface area contributed by atoms with E-state index in [1.807, 2.05) is 32.1 Å². The first-order valence-corrected chi connectivity index (χ1v) is 13.9. The fourth-order valence-corrected chi connectivity index (χ4v) is 8.88. The van der Waals surface area contributed by atoms with E-state index in [4.69, 9.17) is 9.16 Å². The monoisotopic (exact) mass is 480 g/mol. The third-order valence-electron chi connectivity index (χ3n) is 5.73. The number of hydrogen-bond acceptors (Lipinski definition) is 4. The maximum absolute atomic E-state index is 12.1. The summed E-state index contributed by atoms with van der Waals surface area (Å²) < 4.78 is 12.4. The van der Waals surface area contributed by atoms with Gasteiger partial charge in [0.2, 0.25) is 0 Å². The van der Waals surface area contributed by atoms with Crippen LogP contribution in [0.5, 0.6) is 0 Å². The molecule has 4 nitrogen and oxygen atoms in total. The van der Waals surface area contributed by atoms with Crippen LogP contribution in [0.25, 0.3) is 0 Å². The maximum atomic E-state index is 12.1. The molecule has 1 N–H and O–H groups in total. The molecule has 0 unspecified atom stereocenters. The van der Waals surface area contributed by atoms with Gasteiger partial charge in [0.25, 0.3) is 8.32 Å². The van der Waals surface area contributed by atoms with Crippen molar-refractivity contribution in [1.82, 2.24) is 0 Å². The van der Waals surface area contributed by atoms with Crippen molar-refractivity contribution in [1.29, 1.82) is 0 Å². The molecule has 0 radical (unpaired) electrons. The summed E-state index contributed by atoms with van der Waals surface area (Å²) in [5, 5.41) is 12.5. The molecule has 5 heteroatoms. The van der Waals surface area contributed by atoms with Crippen LogP contribution >= 0.6 is 0 Å². The van der Waals surface area contributed by atoms with Crippen molar-refractivity contribution >= 4 is 24.7 Å². The molecular weight excluding hydrogens is 440 g/mol. The van der Waals surface area contributed by atoms with E-state index >= 15 is 0 Å². The number of aliphatic hydroxyl groups excluding tert-OH is 1. The highest BCUT2D eigenvalue weighted by molar-refractivity contribution is 6.99. The Morgan fingerprint density at radius 1 is 1.00 bits per heavy atom. The highest BCUT2D eigenvalue weighted by Gasteiger charge is 2.51. The van der Waals surface area contributed by atoms with E-state index in [2.05, 4.69) is 69.3 Å². The van der Waals surface area contributed by atoms with Gasteiger partial charge in [0.05, 0.1) is 12.2 Å². The van der Waals surface area contributed by atoms with Crippen LogP contribution in [0.4, 0.5) is 0 Å². The number of carbonyl (C=O) groups is 1. The zero-order valence-corrected chi connectivity index (χ0v) is 22.5. The summed E-state index contributed by atoms with van der Waals surface area (Å²) in [7, 11) is -2.76. The van der Waals surface area contributed by atoms with E-state index in [-0.39, 0.29) is 23.7 Å². The number of aliphatic hydroxyl groups is 1. The number of carbonyl (C=O) groups excluding carboxylic acids is 1. The van der Waals surface area contributed by atoms with Crippen molar-refractivity contribution in [2.24, 2.45) is 0 Å². The first kappa shape index (κ1) is 27.8. The number of benzene rings is 2. The highest BCUT2D eigenvalue weighted by Crippen LogP contribution is 2.38. The standard InChI is InChI=1S/C29H40O4Si/c1-23(2)20-21-32-28(31)19-13-14-25(22-24(3)30)33-34(29(4,5)6,26-15-9-7-10-16-26)27-17-11-8-12-18-27/h7-13,15-20,24-25,30H,14,21-22H2,1-6H3/b19-13+/t24-,25+/m1/s1. The molecule has 0 saturated heterocycles. The smallest absolute Gasteiger partial charge is 0.330 e. The van der Waals surface area contributed by atoms with Crippen molar-refractivity contribution in [3.63, 3.8) is 0 Å². The first-order valence-electron chi connectivity index (χ1n) is 12.0. The van der Waals surface area contributed by atoms with E-state index in [1.165, 1.54) is 16.4 Å². The lowest BCUT2D eigenvalue weighted by Gasteiger charge is -2.45. The molecule has 34 heavy (non-hydrogen) atoms. The first-order chi connectivity index (χ1) is 16.1. The fourth-order valence-electron chi connectivity index (χ4n) is 4.17. The predicted octanol–water partition coefficient (Wildman–Crippen LogP) is 5.16. The molecule has 0 heterocycles. The Kier molecular flexibility index (Phi) is 10.5. The Balaban J connectivity index is 2.39. The second kappa shape index (κ2) is 12.8. The van der Waals surface area contributed by atoms with Crippen molar-refractivity contribution < 1.29 is 19.1 Å². The lowest BCUT2D eigenvalue weighted by molar-refractivity contribution is -0.136. The Bertz CT molecular complexity index is 900. The van der Waals surface area contributed by atoms with Gasteiger partial charge in [0, 0.05) is 6.08 Å². The van der Waals surface area contributed by atoms with E-state index < -0.39 is 14.4 Å². The van der Waals surface area contributed by atoms with Gasteiger partial charge in [-0.05, 0) is 55.1 Å². The predicted molar refractivity (Wildman–Crippen MR) is 143 cm³/mol. The molecule has 0 fully saturated rings. The van der Waals surface area contributed by atoms with Gasteiger partial charge in [0.1, 0.15) is 6.61 Å². The number of rotatable bonds is 11. The number of ether oxygens (including phenoxy) is 1. The summed E-state index contributed by atoms with van der Waals surface area (Å²) in [6, 6.07) is 20.9. The van der Waals surface area contributed by atoms with Gasteiger partial charge >= 0.3 is 5.97 Å². The summed E-state index contributed by atoms with van der Waals surface area (Å²) in [6.07, 6.45) is 5.33. The minimum absolute atomic E-state index is 0.167. The number of allylic oxidation sites excluding steroid dienone is 1. The van der Waals surface area contributed by atoms with Gasteiger partial charge in [-0.25, -0.2) is 4.79 Å². The molecule has 2 rings (SSSR count). The Labute approximate surface area is 206 Å².